The molecular weight excluding hydrogens is 470 g/mol. The molecule has 3 amide bonds. The molecule has 0 bridgehead atoms. The highest BCUT2D eigenvalue weighted by molar-refractivity contribution is 9.10. The molecule has 1 unspecified atom stereocenters. The minimum absolute atomic E-state index is 0.0126. The Balaban J connectivity index is 1.25. The fraction of sp³-hybridized carbons (Fsp3) is 0.400. The van der Waals surface area contributed by atoms with Crippen LogP contribution in [0.5, 0.6) is 0 Å². The maximum Gasteiger partial charge on any atom is 0.253 e. The van der Waals surface area contributed by atoms with Crippen molar-refractivity contribution < 1.29 is 14.4 Å². The van der Waals surface area contributed by atoms with Crippen molar-refractivity contribution in [2.45, 2.75) is 38.6 Å². The lowest BCUT2D eigenvalue weighted by Gasteiger charge is -2.32. The predicted molar refractivity (Wildman–Crippen MR) is 127 cm³/mol. The van der Waals surface area contributed by atoms with E-state index in [1.807, 2.05) is 60.4 Å². The van der Waals surface area contributed by atoms with Crippen LogP contribution < -0.4 is 10.6 Å². The highest BCUT2D eigenvalue weighted by Crippen LogP contribution is 2.30. The van der Waals surface area contributed by atoms with Crippen LogP contribution in [0, 0.1) is 11.8 Å². The van der Waals surface area contributed by atoms with E-state index < -0.39 is 0 Å². The molecule has 2 aromatic carbocycles. The van der Waals surface area contributed by atoms with Crippen molar-refractivity contribution in [2.75, 3.05) is 18.4 Å². The van der Waals surface area contributed by atoms with Gasteiger partial charge in [-0.3, -0.25) is 14.4 Å². The van der Waals surface area contributed by atoms with Gasteiger partial charge in [-0.05, 0) is 74.6 Å². The first-order valence-corrected chi connectivity index (χ1v) is 12.0. The van der Waals surface area contributed by atoms with Crippen LogP contribution in [-0.4, -0.2) is 35.7 Å². The minimum Gasteiger partial charge on any atom is -0.349 e. The van der Waals surface area contributed by atoms with Gasteiger partial charge in [0, 0.05) is 40.6 Å². The number of halogens is 1. The molecule has 32 heavy (non-hydrogen) atoms. The molecule has 0 radical (unpaired) electrons. The van der Waals surface area contributed by atoms with Crippen LogP contribution in [0.1, 0.15) is 54.6 Å². The van der Waals surface area contributed by atoms with Gasteiger partial charge >= 0.3 is 0 Å². The number of likely N-dealkylation sites (tertiary alicyclic amines) is 1. The van der Waals surface area contributed by atoms with Gasteiger partial charge in [-0.2, -0.15) is 0 Å². The summed E-state index contributed by atoms with van der Waals surface area (Å²) >= 11 is 3.38. The Labute approximate surface area is 196 Å². The number of hydrogen-bond acceptors (Lipinski definition) is 3. The smallest absolute Gasteiger partial charge is 0.253 e. The molecule has 4 rings (SSSR count). The minimum atomic E-state index is -0.127. The van der Waals surface area contributed by atoms with Crippen LogP contribution in [-0.2, 0) is 9.59 Å². The van der Waals surface area contributed by atoms with Gasteiger partial charge in [0.1, 0.15) is 0 Å². The summed E-state index contributed by atoms with van der Waals surface area (Å²) in [5, 5.41) is 6.03. The molecule has 2 N–H and O–H groups in total. The van der Waals surface area contributed by atoms with Crippen LogP contribution in [0.2, 0.25) is 0 Å². The molecule has 0 spiro atoms. The number of nitrogens with zero attached hydrogens (tertiary/aromatic N) is 1. The summed E-state index contributed by atoms with van der Waals surface area (Å²) in [4.78, 5) is 39.2. The average Bonchev–Trinajstić information content (AvgIpc) is 3.65. The zero-order valence-corrected chi connectivity index (χ0v) is 19.7. The first-order chi connectivity index (χ1) is 15.4. The van der Waals surface area contributed by atoms with E-state index >= 15 is 0 Å². The Bertz CT molecular complexity index is 978. The van der Waals surface area contributed by atoms with Crippen LogP contribution in [0.15, 0.2) is 53.0 Å². The molecular formula is C25H28BrN3O3. The summed E-state index contributed by atoms with van der Waals surface area (Å²) in [6.45, 7) is 3.12. The molecule has 1 saturated carbocycles. The number of carbonyl (C=O) groups is 3. The molecule has 6 nitrogen and oxygen atoms in total. The Morgan fingerprint density at radius 3 is 2.06 bits per heavy atom. The van der Waals surface area contributed by atoms with E-state index in [1.165, 1.54) is 0 Å². The summed E-state index contributed by atoms with van der Waals surface area (Å²) in [5.74, 6) is 0.204. The van der Waals surface area contributed by atoms with Crippen molar-refractivity contribution in [2.24, 2.45) is 11.8 Å². The van der Waals surface area contributed by atoms with Crippen LogP contribution in [0.4, 0.5) is 5.69 Å². The SMILES string of the molecule is CC(NC(=O)C1CCN(C(=O)c2ccc(Br)cc2)CC1)c1ccc(NC(=O)C2CC2)cc1. The van der Waals surface area contributed by atoms with Gasteiger partial charge in [-0.1, -0.05) is 28.1 Å². The van der Waals surface area contributed by atoms with Gasteiger partial charge in [0.2, 0.25) is 11.8 Å². The van der Waals surface area contributed by atoms with Crippen LogP contribution in [0.25, 0.3) is 0 Å². The normalized spacial score (nSPS) is 17.5. The molecule has 7 heteroatoms. The number of nitrogens with one attached hydrogen (secondary N) is 2. The highest BCUT2D eigenvalue weighted by atomic mass is 79.9. The maximum atomic E-state index is 12.8. The quantitative estimate of drug-likeness (QED) is 0.615. The van der Waals surface area contributed by atoms with Crippen molar-refractivity contribution >= 4 is 39.3 Å². The Morgan fingerprint density at radius 2 is 1.47 bits per heavy atom. The third-order valence-electron chi connectivity index (χ3n) is 6.23. The van der Waals surface area contributed by atoms with Crippen molar-refractivity contribution in [3.63, 3.8) is 0 Å². The molecule has 1 aliphatic heterocycles. The number of carbonyl (C=O) groups excluding carboxylic acids is 3. The number of amides is 3. The standard InChI is InChI=1S/C25H28BrN3O3/c1-16(17-6-10-22(11-7-17)28-24(31)18-2-3-18)27-23(30)19-12-14-29(15-13-19)25(32)20-4-8-21(26)9-5-20/h4-11,16,18-19H,2-3,12-15H2,1H3,(H,27,30)(H,28,31). The number of piperidine rings is 1. The second-order valence-corrected chi connectivity index (χ2v) is 9.60. The van der Waals surface area contributed by atoms with Gasteiger partial charge in [-0.15, -0.1) is 0 Å². The van der Waals surface area contributed by atoms with E-state index in [9.17, 15) is 14.4 Å². The third-order valence-corrected chi connectivity index (χ3v) is 6.76. The lowest BCUT2D eigenvalue weighted by atomic mass is 9.94. The molecule has 2 aliphatic rings. The summed E-state index contributed by atoms with van der Waals surface area (Å²) < 4.78 is 0.941. The molecule has 1 aliphatic carbocycles. The Hall–Kier alpha value is -2.67. The van der Waals surface area contributed by atoms with Gasteiger partial charge in [-0.25, -0.2) is 0 Å². The molecule has 0 aromatic heterocycles. The zero-order valence-electron chi connectivity index (χ0n) is 18.1. The Kier molecular flexibility index (Phi) is 6.94. The van der Waals surface area contributed by atoms with E-state index in [0.29, 0.717) is 31.5 Å². The van der Waals surface area contributed by atoms with Crippen LogP contribution >= 0.6 is 15.9 Å². The molecule has 1 saturated heterocycles. The molecule has 2 fully saturated rings. The fourth-order valence-corrected chi connectivity index (χ4v) is 4.24. The Morgan fingerprint density at radius 1 is 0.875 bits per heavy atom. The lowest BCUT2D eigenvalue weighted by molar-refractivity contribution is -0.127. The summed E-state index contributed by atoms with van der Waals surface area (Å²) in [5.41, 5.74) is 2.44. The average molecular weight is 498 g/mol. The molecule has 1 atom stereocenters. The molecule has 2 aromatic rings. The number of benzene rings is 2. The van der Waals surface area contributed by atoms with E-state index in [-0.39, 0.29) is 35.6 Å². The summed E-state index contributed by atoms with van der Waals surface area (Å²) in [7, 11) is 0. The van der Waals surface area contributed by atoms with Crippen LogP contribution in [0.3, 0.4) is 0 Å². The first-order valence-electron chi connectivity index (χ1n) is 11.2. The number of rotatable bonds is 6. The van der Waals surface area contributed by atoms with Crippen molar-refractivity contribution in [3.8, 4) is 0 Å². The van der Waals surface area contributed by atoms with Gasteiger partial charge in [0.15, 0.2) is 0 Å². The van der Waals surface area contributed by atoms with Gasteiger partial charge in [0.25, 0.3) is 5.91 Å². The lowest BCUT2D eigenvalue weighted by Crippen LogP contribution is -2.43. The number of anilines is 1. The fourth-order valence-electron chi connectivity index (χ4n) is 3.98. The van der Waals surface area contributed by atoms with E-state index in [2.05, 4.69) is 26.6 Å². The first kappa shape index (κ1) is 22.5. The second kappa shape index (κ2) is 9.86. The second-order valence-electron chi connectivity index (χ2n) is 8.69. The van der Waals surface area contributed by atoms with Gasteiger partial charge < -0.3 is 15.5 Å². The molecule has 1 heterocycles. The van der Waals surface area contributed by atoms with Crippen molar-refractivity contribution in [3.05, 3.63) is 64.1 Å². The summed E-state index contributed by atoms with van der Waals surface area (Å²) in [6, 6.07) is 14.9. The van der Waals surface area contributed by atoms with Crippen molar-refractivity contribution in [1.82, 2.24) is 10.2 Å². The monoisotopic (exact) mass is 497 g/mol. The predicted octanol–water partition coefficient (Wildman–Crippen LogP) is 4.53. The van der Waals surface area contributed by atoms with Gasteiger partial charge in [0.05, 0.1) is 6.04 Å². The zero-order chi connectivity index (χ0) is 22.7. The highest BCUT2D eigenvalue weighted by Gasteiger charge is 2.30. The topological polar surface area (TPSA) is 78.5 Å². The summed E-state index contributed by atoms with van der Waals surface area (Å²) in [6.07, 6.45) is 3.27. The third kappa shape index (κ3) is 5.57. The largest absolute Gasteiger partial charge is 0.349 e. The van der Waals surface area contributed by atoms with E-state index in [1.54, 1.807) is 0 Å². The van der Waals surface area contributed by atoms with E-state index in [4.69, 9.17) is 0 Å². The number of hydrogen-bond donors (Lipinski definition) is 2. The van der Waals surface area contributed by atoms with E-state index in [0.717, 1.165) is 28.6 Å². The molecule has 168 valence electrons. The van der Waals surface area contributed by atoms with Crippen molar-refractivity contribution in [1.29, 1.82) is 0 Å². The maximum absolute atomic E-state index is 12.8.